The van der Waals surface area contributed by atoms with Gasteiger partial charge in [0.1, 0.15) is 6.04 Å². The molecule has 1 fully saturated rings. The quantitative estimate of drug-likeness (QED) is 0.800. The normalized spacial score (nSPS) is 17.9. The number of nitrogens with one attached hydrogen (secondary N) is 1. The number of rotatable bonds is 5. The van der Waals surface area contributed by atoms with Crippen LogP contribution in [0.15, 0.2) is 0 Å². The van der Waals surface area contributed by atoms with Crippen molar-refractivity contribution in [3.05, 3.63) is 0 Å². The van der Waals surface area contributed by atoms with Crippen molar-refractivity contribution in [3.8, 4) is 0 Å². The summed E-state index contributed by atoms with van der Waals surface area (Å²) >= 11 is 3.42. The number of hydrogen-bond donors (Lipinski definition) is 2. The number of thioether (sulfide) groups is 2. The number of urea groups is 1. The Balaban J connectivity index is 2.45. The summed E-state index contributed by atoms with van der Waals surface area (Å²) in [6, 6.07) is -1.02. The average Bonchev–Trinajstić information content (AvgIpc) is 2.62. The van der Waals surface area contributed by atoms with E-state index in [1.165, 1.54) is 0 Å². The molecule has 1 atom stereocenters. The number of carbonyl (C=O) groups excluding carboxylic acids is 1. The highest BCUT2D eigenvalue weighted by molar-refractivity contribution is 7.99. The molecule has 2 N–H and O–H groups in total. The van der Waals surface area contributed by atoms with Gasteiger partial charge < -0.3 is 15.3 Å². The fraction of sp³-hybridized carbons (Fsp3) is 0.818. The first kappa shape index (κ1) is 15.5. The maximum Gasteiger partial charge on any atom is 0.326 e. The molecule has 0 aliphatic carbocycles. The van der Waals surface area contributed by atoms with Gasteiger partial charge in [-0.2, -0.15) is 23.5 Å². The van der Waals surface area contributed by atoms with Gasteiger partial charge in [0.05, 0.1) is 0 Å². The lowest BCUT2D eigenvalue weighted by Gasteiger charge is -2.23. The first-order chi connectivity index (χ1) is 8.65. The summed E-state index contributed by atoms with van der Waals surface area (Å²) in [5.74, 6) is 1.77. The van der Waals surface area contributed by atoms with Crippen LogP contribution in [0.3, 0.4) is 0 Å². The molecule has 0 aromatic heterocycles. The molecule has 1 saturated heterocycles. The molecule has 0 radical (unpaired) electrons. The summed E-state index contributed by atoms with van der Waals surface area (Å²) in [5.41, 5.74) is 0. The molecule has 0 aromatic rings. The minimum absolute atomic E-state index is 0.244. The van der Waals surface area contributed by atoms with E-state index in [2.05, 4.69) is 5.32 Å². The summed E-state index contributed by atoms with van der Waals surface area (Å²) in [6.45, 7) is 1.42. The van der Waals surface area contributed by atoms with Gasteiger partial charge in [0.2, 0.25) is 0 Å². The Labute approximate surface area is 116 Å². The highest BCUT2D eigenvalue weighted by Crippen LogP contribution is 2.10. The van der Waals surface area contributed by atoms with Gasteiger partial charge in [-0.3, -0.25) is 0 Å². The highest BCUT2D eigenvalue weighted by atomic mass is 32.2. The van der Waals surface area contributed by atoms with Crippen LogP contribution >= 0.6 is 23.5 Å². The lowest BCUT2D eigenvalue weighted by atomic mass is 10.2. The Morgan fingerprint density at radius 3 is 2.89 bits per heavy atom. The Kier molecular flexibility index (Phi) is 7.34. The van der Waals surface area contributed by atoms with E-state index in [0.29, 0.717) is 19.5 Å². The number of hydrogen-bond acceptors (Lipinski definition) is 4. The van der Waals surface area contributed by atoms with E-state index < -0.39 is 12.0 Å². The van der Waals surface area contributed by atoms with Crippen molar-refractivity contribution in [1.82, 2.24) is 10.2 Å². The average molecular weight is 292 g/mol. The summed E-state index contributed by atoms with van der Waals surface area (Å²) in [4.78, 5) is 24.7. The predicted octanol–water partition coefficient (Wildman–Crippen LogP) is 1.34. The van der Waals surface area contributed by atoms with E-state index >= 15 is 0 Å². The van der Waals surface area contributed by atoms with Crippen LogP contribution < -0.4 is 5.32 Å². The first-order valence-corrected chi connectivity index (χ1v) is 8.55. The van der Waals surface area contributed by atoms with Crippen LogP contribution in [0.1, 0.15) is 12.8 Å². The van der Waals surface area contributed by atoms with Crippen LogP contribution in [-0.4, -0.2) is 64.7 Å². The monoisotopic (exact) mass is 292 g/mol. The van der Waals surface area contributed by atoms with Crippen molar-refractivity contribution in [3.63, 3.8) is 0 Å². The molecular formula is C11H20N2O3S2. The van der Waals surface area contributed by atoms with Crippen LogP contribution in [-0.2, 0) is 4.79 Å². The fourth-order valence-corrected chi connectivity index (χ4v) is 3.04. The number of carbonyl (C=O) groups is 2. The number of amides is 2. The second kappa shape index (κ2) is 8.53. The SMILES string of the molecule is CSCC[C@@H](NC(=O)N1CCCSCC1)C(=O)O. The smallest absolute Gasteiger partial charge is 0.326 e. The van der Waals surface area contributed by atoms with Gasteiger partial charge in [-0.05, 0) is 30.6 Å². The van der Waals surface area contributed by atoms with E-state index in [1.807, 2.05) is 18.0 Å². The van der Waals surface area contributed by atoms with E-state index in [9.17, 15) is 9.59 Å². The second-order valence-corrected chi connectivity index (χ2v) is 6.29. The summed E-state index contributed by atoms with van der Waals surface area (Å²) in [5, 5.41) is 11.7. The molecule has 18 heavy (non-hydrogen) atoms. The van der Waals surface area contributed by atoms with Gasteiger partial charge in [-0.25, -0.2) is 9.59 Å². The zero-order valence-electron chi connectivity index (χ0n) is 10.6. The van der Waals surface area contributed by atoms with Gasteiger partial charge in [0.15, 0.2) is 0 Å². The van der Waals surface area contributed by atoms with E-state index in [4.69, 9.17) is 5.11 Å². The summed E-state index contributed by atoms with van der Waals surface area (Å²) < 4.78 is 0. The molecule has 104 valence electrons. The molecule has 1 rings (SSSR count). The fourth-order valence-electron chi connectivity index (χ4n) is 1.68. The molecule has 7 heteroatoms. The van der Waals surface area contributed by atoms with Crippen molar-refractivity contribution in [2.24, 2.45) is 0 Å². The van der Waals surface area contributed by atoms with Gasteiger partial charge in [0.25, 0.3) is 0 Å². The zero-order valence-corrected chi connectivity index (χ0v) is 12.2. The molecule has 0 spiro atoms. The lowest BCUT2D eigenvalue weighted by Crippen LogP contribution is -2.48. The van der Waals surface area contributed by atoms with E-state index in [-0.39, 0.29) is 6.03 Å². The third-order valence-electron chi connectivity index (χ3n) is 2.72. The maximum atomic E-state index is 12.0. The molecule has 2 amide bonds. The minimum atomic E-state index is -0.957. The predicted molar refractivity (Wildman–Crippen MR) is 76.5 cm³/mol. The van der Waals surface area contributed by atoms with Crippen molar-refractivity contribution in [1.29, 1.82) is 0 Å². The van der Waals surface area contributed by atoms with Gasteiger partial charge >= 0.3 is 12.0 Å². The number of nitrogens with zero attached hydrogens (tertiary/aromatic N) is 1. The first-order valence-electron chi connectivity index (χ1n) is 6.00. The summed E-state index contributed by atoms with van der Waals surface area (Å²) in [6.07, 6.45) is 3.36. The Hall–Kier alpha value is -0.560. The Morgan fingerprint density at radius 2 is 2.22 bits per heavy atom. The van der Waals surface area contributed by atoms with Crippen molar-refractivity contribution >= 4 is 35.5 Å². The molecule has 0 saturated carbocycles. The third-order valence-corrected chi connectivity index (χ3v) is 4.41. The Morgan fingerprint density at radius 1 is 1.44 bits per heavy atom. The molecule has 1 heterocycles. The van der Waals surface area contributed by atoms with Crippen molar-refractivity contribution in [2.45, 2.75) is 18.9 Å². The molecular weight excluding hydrogens is 272 g/mol. The van der Waals surface area contributed by atoms with Crippen LogP contribution in [0, 0.1) is 0 Å². The molecule has 0 unspecified atom stereocenters. The standard InChI is InChI=1S/C11H20N2O3S2/c1-17-7-3-9(10(14)15)12-11(16)13-4-2-6-18-8-5-13/h9H,2-8H2,1H3,(H,12,16)(H,14,15)/t9-/m1/s1. The third kappa shape index (κ3) is 5.39. The van der Waals surface area contributed by atoms with Crippen LogP contribution in [0.5, 0.6) is 0 Å². The molecule has 1 aliphatic heterocycles. The minimum Gasteiger partial charge on any atom is -0.480 e. The second-order valence-electron chi connectivity index (χ2n) is 4.07. The van der Waals surface area contributed by atoms with Gasteiger partial charge in [-0.15, -0.1) is 0 Å². The molecule has 5 nitrogen and oxygen atoms in total. The van der Waals surface area contributed by atoms with Crippen molar-refractivity contribution in [2.75, 3.05) is 36.6 Å². The maximum absolute atomic E-state index is 12.0. The largest absolute Gasteiger partial charge is 0.480 e. The topological polar surface area (TPSA) is 69.6 Å². The molecule has 0 bridgehead atoms. The van der Waals surface area contributed by atoms with E-state index in [1.54, 1.807) is 16.7 Å². The number of aliphatic carboxylic acids is 1. The lowest BCUT2D eigenvalue weighted by molar-refractivity contribution is -0.139. The Bertz CT molecular complexity index is 281. The molecule has 0 aromatic carbocycles. The van der Waals surface area contributed by atoms with E-state index in [0.717, 1.165) is 23.7 Å². The van der Waals surface area contributed by atoms with Gasteiger partial charge in [-0.1, -0.05) is 0 Å². The van der Waals surface area contributed by atoms with Crippen LogP contribution in [0.25, 0.3) is 0 Å². The van der Waals surface area contributed by atoms with Gasteiger partial charge in [0, 0.05) is 18.8 Å². The van der Waals surface area contributed by atoms with Crippen LogP contribution in [0.2, 0.25) is 0 Å². The number of carboxylic acids is 1. The number of carboxylic acid groups (broad SMARTS) is 1. The summed E-state index contributed by atoms with van der Waals surface area (Å²) in [7, 11) is 0. The highest BCUT2D eigenvalue weighted by Gasteiger charge is 2.23. The van der Waals surface area contributed by atoms with Crippen molar-refractivity contribution < 1.29 is 14.7 Å². The van der Waals surface area contributed by atoms with Crippen LogP contribution in [0.4, 0.5) is 4.79 Å². The zero-order chi connectivity index (χ0) is 13.4. The molecule has 1 aliphatic rings.